The molecule has 4 N–H and O–H groups in total. The molecule has 126 valence electrons. The van der Waals surface area contributed by atoms with Crippen LogP contribution in [0.1, 0.15) is 12.0 Å². The number of carbonyl (C=O) groups is 1. The molecule has 2 amide bonds. The first-order valence-electron chi connectivity index (χ1n) is 8.08. The van der Waals surface area contributed by atoms with E-state index in [0.29, 0.717) is 6.54 Å². The van der Waals surface area contributed by atoms with E-state index in [0.717, 1.165) is 42.9 Å². The summed E-state index contributed by atoms with van der Waals surface area (Å²) in [6, 6.07) is 11.5. The highest BCUT2D eigenvalue weighted by atomic mass is 19.1. The van der Waals surface area contributed by atoms with E-state index < -0.39 is 11.8 Å². The Balaban J connectivity index is 1.77. The molecule has 0 fully saturated rings. The fraction of sp³-hybridized carbons (Fsp3) is 0.278. The van der Waals surface area contributed by atoms with E-state index in [1.54, 1.807) is 12.1 Å². The molecule has 0 aliphatic carbocycles. The van der Waals surface area contributed by atoms with Crippen molar-refractivity contribution in [3.8, 4) is 0 Å². The van der Waals surface area contributed by atoms with Gasteiger partial charge in [-0.2, -0.15) is 0 Å². The number of halogens is 1. The van der Waals surface area contributed by atoms with Crippen molar-refractivity contribution in [2.24, 2.45) is 5.73 Å². The van der Waals surface area contributed by atoms with Gasteiger partial charge in [-0.05, 0) is 42.7 Å². The van der Waals surface area contributed by atoms with Crippen LogP contribution >= 0.6 is 0 Å². The lowest BCUT2D eigenvalue weighted by atomic mass is 9.99. The van der Waals surface area contributed by atoms with Crippen molar-refractivity contribution in [2.45, 2.75) is 12.8 Å². The van der Waals surface area contributed by atoms with Gasteiger partial charge in [-0.3, -0.25) is 0 Å². The standard InChI is InChI=1S/C18H21FN4O/c19-14-6-1-2-7-16(14)22-18(24)21-15-8-3-9-17-13(15)5-4-11-23(17)12-10-20/h1-3,6-9H,4-5,10-12,20H2,(H2,21,22,24). The molecule has 5 nitrogen and oxygen atoms in total. The highest BCUT2D eigenvalue weighted by Crippen LogP contribution is 2.32. The Morgan fingerprint density at radius 3 is 2.67 bits per heavy atom. The second kappa shape index (κ2) is 7.31. The Hall–Kier alpha value is -2.60. The van der Waals surface area contributed by atoms with Crippen molar-refractivity contribution in [3.05, 3.63) is 53.8 Å². The molecule has 0 saturated heterocycles. The maximum absolute atomic E-state index is 13.6. The number of urea groups is 1. The summed E-state index contributed by atoms with van der Waals surface area (Å²) in [4.78, 5) is 14.4. The summed E-state index contributed by atoms with van der Waals surface area (Å²) in [5.74, 6) is -0.461. The Morgan fingerprint density at radius 2 is 1.88 bits per heavy atom. The van der Waals surface area contributed by atoms with Gasteiger partial charge in [0.05, 0.1) is 5.69 Å². The first-order valence-corrected chi connectivity index (χ1v) is 8.08. The number of carbonyl (C=O) groups excluding carboxylic acids is 1. The van der Waals surface area contributed by atoms with E-state index in [-0.39, 0.29) is 5.69 Å². The second-order valence-electron chi connectivity index (χ2n) is 5.74. The van der Waals surface area contributed by atoms with Gasteiger partial charge in [-0.25, -0.2) is 9.18 Å². The minimum Gasteiger partial charge on any atom is -0.370 e. The quantitative estimate of drug-likeness (QED) is 0.807. The fourth-order valence-corrected chi connectivity index (χ4v) is 3.04. The normalized spacial score (nSPS) is 13.3. The summed E-state index contributed by atoms with van der Waals surface area (Å²) in [6.07, 6.45) is 1.91. The third-order valence-corrected chi connectivity index (χ3v) is 4.12. The molecule has 1 heterocycles. The molecule has 1 aliphatic rings. The van der Waals surface area contributed by atoms with Crippen LogP contribution in [-0.2, 0) is 6.42 Å². The van der Waals surface area contributed by atoms with Crippen molar-refractivity contribution < 1.29 is 9.18 Å². The summed E-state index contributed by atoms with van der Waals surface area (Å²) in [5, 5.41) is 5.38. The van der Waals surface area contributed by atoms with Crippen LogP contribution < -0.4 is 21.3 Å². The van der Waals surface area contributed by atoms with Crippen LogP contribution in [0.3, 0.4) is 0 Å². The summed E-state index contributed by atoms with van der Waals surface area (Å²) in [5.41, 5.74) is 8.79. The number of fused-ring (bicyclic) bond motifs is 1. The molecule has 6 heteroatoms. The molecule has 0 spiro atoms. The van der Waals surface area contributed by atoms with Crippen molar-refractivity contribution in [2.75, 3.05) is 35.2 Å². The third-order valence-electron chi connectivity index (χ3n) is 4.12. The topological polar surface area (TPSA) is 70.4 Å². The van der Waals surface area contributed by atoms with Gasteiger partial charge in [-0.1, -0.05) is 18.2 Å². The number of anilines is 3. The molecule has 0 aromatic heterocycles. The number of hydrogen-bond donors (Lipinski definition) is 3. The van der Waals surface area contributed by atoms with E-state index in [9.17, 15) is 9.18 Å². The minimum absolute atomic E-state index is 0.157. The molecular weight excluding hydrogens is 307 g/mol. The monoisotopic (exact) mass is 328 g/mol. The SMILES string of the molecule is NCCN1CCCc2c(NC(=O)Nc3ccccc3F)cccc21. The highest BCUT2D eigenvalue weighted by molar-refractivity contribution is 6.00. The number of nitrogens with one attached hydrogen (secondary N) is 2. The van der Waals surface area contributed by atoms with Gasteiger partial charge in [0.1, 0.15) is 5.82 Å². The maximum Gasteiger partial charge on any atom is 0.323 e. The summed E-state index contributed by atoms with van der Waals surface area (Å²) in [6.45, 7) is 2.35. The highest BCUT2D eigenvalue weighted by Gasteiger charge is 2.19. The number of amides is 2. The molecule has 0 saturated carbocycles. The molecule has 0 bridgehead atoms. The zero-order valence-electron chi connectivity index (χ0n) is 13.4. The smallest absolute Gasteiger partial charge is 0.323 e. The molecular formula is C18H21FN4O. The van der Waals surface area contributed by atoms with Crippen LogP contribution in [0.5, 0.6) is 0 Å². The fourth-order valence-electron chi connectivity index (χ4n) is 3.04. The van der Waals surface area contributed by atoms with Crippen molar-refractivity contribution in [1.82, 2.24) is 0 Å². The van der Waals surface area contributed by atoms with Crippen LogP contribution in [0.2, 0.25) is 0 Å². The lowest BCUT2D eigenvalue weighted by Gasteiger charge is -2.32. The largest absolute Gasteiger partial charge is 0.370 e. The second-order valence-corrected chi connectivity index (χ2v) is 5.74. The molecule has 3 rings (SSSR count). The van der Waals surface area contributed by atoms with Crippen LogP contribution in [0, 0.1) is 5.82 Å². The number of nitrogens with two attached hydrogens (primary N) is 1. The lowest BCUT2D eigenvalue weighted by Crippen LogP contribution is -2.34. The predicted molar refractivity (Wildman–Crippen MR) is 95.1 cm³/mol. The van der Waals surface area contributed by atoms with E-state index in [1.807, 2.05) is 18.2 Å². The Labute approximate surface area is 140 Å². The van der Waals surface area contributed by atoms with Crippen LogP contribution in [0.25, 0.3) is 0 Å². The zero-order chi connectivity index (χ0) is 16.9. The average Bonchev–Trinajstić information content (AvgIpc) is 2.58. The van der Waals surface area contributed by atoms with Crippen molar-refractivity contribution in [3.63, 3.8) is 0 Å². The number of para-hydroxylation sites is 1. The van der Waals surface area contributed by atoms with E-state index in [2.05, 4.69) is 15.5 Å². The molecule has 0 unspecified atom stereocenters. The number of hydrogen-bond acceptors (Lipinski definition) is 3. The number of nitrogens with zero attached hydrogens (tertiary/aromatic N) is 1. The van der Waals surface area contributed by atoms with Gasteiger partial charge in [0.25, 0.3) is 0 Å². The van der Waals surface area contributed by atoms with Crippen molar-refractivity contribution in [1.29, 1.82) is 0 Å². The Bertz CT molecular complexity index is 735. The van der Waals surface area contributed by atoms with Gasteiger partial charge < -0.3 is 21.3 Å². The van der Waals surface area contributed by atoms with Crippen molar-refractivity contribution >= 4 is 23.1 Å². The first kappa shape index (κ1) is 16.3. The van der Waals surface area contributed by atoms with E-state index in [1.165, 1.54) is 12.1 Å². The van der Waals surface area contributed by atoms with Gasteiger partial charge in [0.2, 0.25) is 0 Å². The van der Waals surface area contributed by atoms with Gasteiger partial charge in [0, 0.05) is 31.0 Å². The number of rotatable bonds is 4. The van der Waals surface area contributed by atoms with Crippen LogP contribution in [0.4, 0.5) is 26.2 Å². The predicted octanol–water partition coefficient (Wildman–Crippen LogP) is 3.18. The zero-order valence-corrected chi connectivity index (χ0v) is 13.4. The summed E-state index contributed by atoms with van der Waals surface area (Å²) >= 11 is 0. The maximum atomic E-state index is 13.6. The lowest BCUT2D eigenvalue weighted by molar-refractivity contribution is 0.262. The first-order chi connectivity index (χ1) is 11.7. The Kier molecular flexibility index (Phi) is 4.96. The molecule has 2 aromatic rings. The molecule has 24 heavy (non-hydrogen) atoms. The van der Waals surface area contributed by atoms with Crippen LogP contribution in [-0.4, -0.2) is 25.7 Å². The number of benzene rings is 2. The molecule has 0 radical (unpaired) electrons. The van der Waals surface area contributed by atoms with E-state index >= 15 is 0 Å². The minimum atomic E-state index is -0.461. The molecule has 1 aliphatic heterocycles. The van der Waals surface area contributed by atoms with Gasteiger partial charge >= 0.3 is 6.03 Å². The van der Waals surface area contributed by atoms with E-state index in [4.69, 9.17) is 5.73 Å². The van der Waals surface area contributed by atoms with Gasteiger partial charge in [-0.15, -0.1) is 0 Å². The third kappa shape index (κ3) is 3.49. The van der Waals surface area contributed by atoms with Gasteiger partial charge in [0.15, 0.2) is 0 Å². The average molecular weight is 328 g/mol. The Morgan fingerprint density at radius 1 is 1.12 bits per heavy atom. The van der Waals surface area contributed by atoms with Crippen LogP contribution in [0.15, 0.2) is 42.5 Å². The molecule has 2 aromatic carbocycles. The molecule has 0 atom stereocenters. The summed E-state index contributed by atoms with van der Waals surface area (Å²) < 4.78 is 13.6. The summed E-state index contributed by atoms with van der Waals surface area (Å²) in [7, 11) is 0.